The SMILES string of the molecule is CCCC(O)CC(O)CCCC(O)C(C(O)CCC)C(O)CCCC(O)CC(O)CC. The smallest absolute Gasteiger partial charge is 0.0617 e. The Balaban J connectivity index is 4.57. The minimum Gasteiger partial charge on any atom is -0.393 e. The van der Waals surface area contributed by atoms with E-state index in [1.807, 2.05) is 20.8 Å². The molecular formula is C24H50O7. The lowest BCUT2D eigenvalue weighted by Crippen LogP contribution is -2.41. The number of aliphatic hydroxyl groups excluding tert-OH is 7. The molecule has 0 radical (unpaired) electrons. The van der Waals surface area contributed by atoms with Crippen molar-refractivity contribution in [3.63, 3.8) is 0 Å². The van der Waals surface area contributed by atoms with Crippen LogP contribution in [0.4, 0.5) is 0 Å². The van der Waals surface area contributed by atoms with E-state index in [4.69, 9.17) is 0 Å². The number of hydrogen-bond donors (Lipinski definition) is 7. The highest BCUT2D eigenvalue weighted by molar-refractivity contribution is 4.83. The molecular weight excluding hydrogens is 400 g/mol. The van der Waals surface area contributed by atoms with E-state index in [9.17, 15) is 35.7 Å². The predicted octanol–water partition coefficient (Wildman–Crippen LogP) is 2.26. The van der Waals surface area contributed by atoms with E-state index in [1.165, 1.54) is 0 Å². The summed E-state index contributed by atoms with van der Waals surface area (Å²) < 4.78 is 0. The largest absolute Gasteiger partial charge is 0.393 e. The first-order valence-corrected chi connectivity index (χ1v) is 12.4. The van der Waals surface area contributed by atoms with Gasteiger partial charge in [-0.2, -0.15) is 0 Å². The van der Waals surface area contributed by atoms with Gasteiger partial charge in [0.15, 0.2) is 0 Å². The second-order valence-corrected chi connectivity index (χ2v) is 9.21. The molecule has 8 unspecified atom stereocenters. The molecule has 0 amide bonds. The Morgan fingerprint density at radius 1 is 0.452 bits per heavy atom. The van der Waals surface area contributed by atoms with Crippen LogP contribution in [0.25, 0.3) is 0 Å². The summed E-state index contributed by atoms with van der Waals surface area (Å²) in [7, 11) is 0. The van der Waals surface area contributed by atoms with E-state index in [0.717, 1.165) is 12.8 Å². The molecule has 7 N–H and O–H groups in total. The highest BCUT2D eigenvalue weighted by Crippen LogP contribution is 2.26. The second kappa shape index (κ2) is 18.2. The molecule has 7 heteroatoms. The summed E-state index contributed by atoms with van der Waals surface area (Å²) in [6, 6.07) is 0. The first kappa shape index (κ1) is 30.7. The van der Waals surface area contributed by atoms with Crippen molar-refractivity contribution in [3.05, 3.63) is 0 Å². The Morgan fingerprint density at radius 2 is 0.839 bits per heavy atom. The first-order chi connectivity index (χ1) is 14.7. The Hall–Kier alpha value is -0.280. The van der Waals surface area contributed by atoms with Crippen LogP contribution in [0.5, 0.6) is 0 Å². The quantitative estimate of drug-likeness (QED) is 0.151. The van der Waals surface area contributed by atoms with Crippen molar-refractivity contribution in [3.8, 4) is 0 Å². The van der Waals surface area contributed by atoms with Crippen molar-refractivity contribution in [1.29, 1.82) is 0 Å². The summed E-state index contributed by atoms with van der Waals surface area (Å²) in [5.74, 6) is -0.679. The van der Waals surface area contributed by atoms with Crippen LogP contribution >= 0.6 is 0 Å². The van der Waals surface area contributed by atoms with Gasteiger partial charge in [0.25, 0.3) is 0 Å². The summed E-state index contributed by atoms with van der Waals surface area (Å²) >= 11 is 0. The average molecular weight is 451 g/mol. The fourth-order valence-corrected chi connectivity index (χ4v) is 4.25. The van der Waals surface area contributed by atoms with Crippen LogP contribution in [0.15, 0.2) is 0 Å². The van der Waals surface area contributed by atoms with Gasteiger partial charge in [-0.3, -0.25) is 0 Å². The van der Waals surface area contributed by atoms with E-state index in [1.54, 1.807) is 0 Å². The van der Waals surface area contributed by atoms with Crippen LogP contribution in [-0.2, 0) is 0 Å². The van der Waals surface area contributed by atoms with Gasteiger partial charge in [-0.15, -0.1) is 0 Å². The van der Waals surface area contributed by atoms with E-state index < -0.39 is 48.6 Å². The normalized spacial score (nSPS) is 19.9. The zero-order valence-corrected chi connectivity index (χ0v) is 19.9. The van der Waals surface area contributed by atoms with Crippen molar-refractivity contribution < 1.29 is 35.7 Å². The summed E-state index contributed by atoms with van der Waals surface area (Å²) in [6.45, 7) is 5.77. The molecule has 0 aliphatic carbocycles. The maximum absolute atomic E-state index is 10.7. The molecule has 0 fully saturated rings. The van der Waals surface area contributed by atoms with Gasteiger partial charge >= 0.3 is 0 Å². The highest BCUT2D eigenvalue weighted by atomic mass is 16.3. The minimum absolute atomic E-state index is 0.312. The van der Waals surface area contributed by atoms with E-state index >= 15 is 0 Å². The molecule has 0 aliphatic rings. The van der Waals surface area contributed by atoms with Crippen LogP contribution in [0.2, 0.25) is 0 Å². The van der Waals surface area contributed by atoms with Gasteiger partial charge in [0, 0.05) is 5.92 Å². The van der Waals surface area contributed by atoms with Crippen molar-refractivity contribution in [1.82, 2.24) is 0 Å². The van der Waals surface area contributed by atoms with E-state index in [2.05, 4.69) is 0 Å². The lowest BCUT2D eigenvalue weighted by Gasteiger charge is -2.32. The zero-order valence-electron chi connectivity index (χ0n) is 19.9. The van der Waals surface area contributed by atoms with E-state index in [0.29, 0.717) is 70.6 Å². The third-order valence-corrected chi connectivity index (χ3v) is 6.17. The fraction of sp³-hybridized carbons (Fsp3) is 1.00. The van der Waals surface area contributed by atoms with Gasteiger partial charge in [-0.25, -0.2) is 0 Å². The standard InChI is InChI=1S/C24H50O7/c1-4-9-18(26)16-20(28)12-8-14-23(31)24(21(29)10-5-2)22(30)13-7-11-19(27)15-17(25)6-3/h17-31H,4-16H2,1-3H3. The monoisotopic (exact) mass is 450 g/mol. The average Bonchev–Trinajstić information content (AvgIpc) is 2.68. The van der Waals surface area contributed by atoms with Gasteiger partial charge in [-0.05, 0) is 70.6 Å². The third kappa shape index (κ3) is 14.5. The molecule has 0 rings (SSSR count). The summed E-state index contributed by atoms with van der Waals surface area (Å²) in [5, 5.41) is 71.3. The molecule has 8 atom stereocenters. The molecule has 0 heterocycles. The third-order valence-electron chi connectivity index (χ3n) is 6.17. The molecule has 0 saturated carbocycles. The summed E-state index contributed by atoms with van der Waals surface area (Å²) in [6.07, 6.45) is 1.74. The van der Waals surface area contributed by atoms with E-state index in [-0.39, 0.29) is 0 Å². The fourth-order valence-electron chi connectivity index (χ4n) is 4.25. The van der Waals surface area contributed by atoms with Crippen molar-refractivity contribution in [2.45, 2.75) is 147 Å². The van der Waals surface area contributed by atoms with Gasteiger partial charge < -0.3 is 35.7 Å². The maximum atomic E-state index is 10.7. The topological polar surface area (TPSA) is 142 Å². The lowest BCUT2D eigenvalue weighted by atomic mass is 9.83. The molecule has 0 aliphatic heterocycles. The lowest BCUT2D eigenvalue weighted by molar-refractivity contribution is -0.0670. The Morgan fingerprint density at radius 3 is 1.26 bits per heavy atom. The van der Waals surface area contributed by atoms with Gasteiger partial charge in [0.1, 0.15) is 0 Å². The van der Waals surface area contributed by atoms with Crippen LogP contribution in [0, 0.1) is 5.92 Å². The Labute approximate surface area is 189 Å². The number of rotatable bonds is 20. The molecule has 0 bridgehead atoms. The van der Waals surface area contributed by atoms with Crippen molar-refractivity contribution in [2.75, 3.05) is 0 Å². The Kier molecular flexibility index (Phi) is 18.0. The molecule has 0 spiro atoms. The van der Waals surface area contributed by atoms with Gasteiger partial charge in [-0.1, -0.05) is 33.6 Å². The second-order valence-electron chi connectivity index (χ2n) is 9.21. The van der Waals surface area contributed by atoms with Gasteiger partial charge in [0.2, 0.25) is 0 Å². The molecule has 31 heavy (non-hydrogen) atoms. The van der Waals surface area contributed by atoms with Crippen molar-refractivity contribution in [2.24, 2.45) is 5.92 Å². The summed E-state index contributed by atoms with van der Waals surface area (Å²) in [4.78, 5) is 0. The molecule has 188 valence electrons. The van der Waals surface area contributed by atoms with Crippen LogP contribution in [-0.4, -0.2) is 78.5 Å². The Bertz CT molecular complexity index is 409. The highest BCUT2D eigenvalue weighted by Gasteiger charge is 2.32. The predicted molar refractivity (Wildman–Crippen MR) is 123 cm³/mol. The van der Waals surface area contributed by atoms with Crippen LogP contribution in [0.3, 0.4) is 0 Å². The molecule has 0 aromatic rings. The molecule has 0 aromatic carbocycles. The van der Waals surface area contributed by atoms with Crippen molar-refractivity contribution >= 4 is 0 Å². The summed E-state index contributed by atoms with van der Waals surface area (Å²) in [5.41, 5.74) is 0. The van der Waals surface area contributed by atoms with Crippen LogP contribution in [0.1, 0.15) is 104 Å². The molecule has 7 nitrogen and oxygen atoms in total. The number of aliphatic hydroxyl groups is 7. The number of hydrogen-bond acceptors (Lipinski definition) is 7. The zero-order chi connectivity index (χ0) is 23.8. The molecule has 0 aromatic heterocycles. The maximum Gasteiger partial charge on any atom is 0.0617 e. The molecule has 0 saturated heterocycles. The van der Waals surface area contributed by atoms with Crippen LogP contribution < -0.4 is 0 Å². The van der Waals surface area contributed by atoms with Gasteiger partial charge in [0.05, 0.1) is 42.7 Å². The first-order valence-electron chi connectivity index (χ1n) is 12.4. The minimum atomic E-state index is -0.892.